The van der Waals surface area contributed by atoms with Gasteiger partial charge < -0.3 is 20.1 Å². The van der Waals surface area contributed by atoms with Crippen LogP contribution in [0.5, 0.6) is 0 Å². The first-order valence-electron chi connectivity index (χ1n) is 6.87. The minimum atomic E-state index is -0.850. The second-order valence-corrected chi connectivity index (χ2v) is 4.98. The fraction of sp³-hybridized carbons (Fsp3) is 0.769. The molecule has 0 radical (unpaired) electrons. The number of carboxylic acid groups (broad SMARTS) is 1. The van der Waals surface area contributed by atoms with Crippen LogP contribution in [-0.4, -0.2) is 53.7 Å². The Morgan fingerprint density at radius 2 is 2.15 bits per heavy atom. The van der Waals surface area contributed by atoms with Crippen LogP contribution >= 0.6 is 0 Å². The number of ether oxygens (including phenoxy) is 1. The number of esters is 1. The molecule has 0 aromatic heterocycles. The highest BCUT2D eigenvalue weighted by Gasteiger charge is 2.27. The zero-order valence-electron chi connectivity index (χ0n) is 11.9. The molecule has 1 fully saturated rings. The Kier molecular flexibility index (Phi) is 6.27. The monoisotopic (exact) mass is 286 g/mol. The molecular weight excluding hydrogens is 264 g/mol. The second-order valence-electron chi connectivity index (χ2n) is 4.98. The molecule has 1 aliphatic heterocycles. The molecule has 2 N–H and O–H groups in total. The third-order valence-corrected chi connectivity index (χ3v) is 3.25. The van der Waals surface area contributed by atoms with E-state index in [0.29, 0.717) is 13.1 Å². The minimum Gasteiger partial charge on any atom is -0.481 e. The Balaban J connectivity index is 2.46. The summed E-state index contributed by atoms with van der Waals surface area (Å²) in [5.41, 5.74) is 0. The number of nitrogens with one attached hydrogen (secondary N) is 1. The average Bonchev–Trinajstić information content (AvgIpc) is 2.38. The Morgan fingerprint density at radius 1 is 1.45 bits per heavy atom. The molecule has 0 aromatic carbocycles. The summed E-state index contributed by atoms with van der Waals surface area (Å²) in [6.07, 6.45) is 1.65. The van der Waals surface area contributed by atoms with E-state index in [1.165, 1.54) is 0 Å². The molecule has 1 heterocycles. The van der Waals surface area contributed by atoms with Gasteiger partial charge in [0.1, 0.15) is 6.04 Å². The lowest BCUT2D eigenvalue weighted by atomic mass is 9.95. The Labute approximate surface area is 118 Å². The highest BCUT2D eigenvalue weighted by molar-refractivity contribution is 5.83. The first kappa shape index (κ1) is 16.3. The van der Waals surface area contributed by atoms with Gasteiger partial charge >= 0.3 is 18.0 Å². The van der Waals surface area contributed by atoms with Crippen LogP contribution in [-0.2, 0) is 14.3 Å². The fourth-order valence-electron chi connectivity index (χ4n) is 2.27. The summed E-state index contributed by atoms with van der Waals surface area (Å²) in [4.78, 5) is 35.7. The van der Waals surface area contributed by atoms with Gasteiger partial charge in [-0.2, -0.15) is 0 Å². The second kappa shape index (κ2) is 7.72. The van der Waals surface area contributed by atoms with Crippen molar-refractivity contribution in [2.45, 2.75) is 39.2 Å². The van der Waals surface area contributed by atoms with Gasteiger partial charge in [-0.1, -0.05) is 0 Å². The maximum atomic E-state index is 12.0. The fourth-order valence-corrected chi connectivity index (χ4v) is 2.27. The van der Waals surface area contributed by atoms with Crippen LogP contribution in [0.4, 0.5) is 4.79 Å². The van der Waals surface area contributed by atoms with Gasteiger partial charge in [0.15, 0.2) is 0 Å². The van der Waals surface area contributed by atoms with Crippen LogP contribution in [0.3, 0.4) is 0 Å². The molecule has 1 saturated heterocycles. The lowest BCUT2D eigenvalue weighted by Gasteiger charge is -2.32. The molecule has 20 heavy (non-hydrogen) atoms. The van der Waals surface area contributed by atoms with Crippen molar-refractivity contribution >= 4 is 18.0 Å². The van der Waals surface area contributed by atoms with Crippen molar-refractivity contribution in [2.24, 2.45) is 5.92 Å². The number of rotatable bonds is 5. The van der Waals surface area contributed by atoms with Gasteiger partial charge in [-0.15, -0.1) is 0 Å². The first-order chi connectivity index (χ1) is 9.43. The molecule has 7 nitrogen and oxygen atoms in total. The predicted octanol–water partition coefficient (Wildman–Crippen LogP) is 0.834. The van der Waals surface area contributed by atoms with E-state index in [1.807, 2.05) is 0 Å². The summed E-state index contributed by atoms with van der Waals surface area (Å²) >= 11 is 0. The molecule has 2 atom stereocenters. The van der Waals surface area contributed by atoms with Crippen molar-refractivity contribution in [2.75, 3.05) is 19.7 Å². The maximum absolute atomic E-state index is 12.0. The van der Waals surface area contributed by atoms with Crippen LogP contribution in [0.25, 0.3) is 0 Å². The molecule has 1 rings (SSSR count). The Bertz CT molecular complexity index is 372. The van der Waals surface area contributed by atoms with E-state index >= 15 is 0 Å². The van der Waals surface area contributed by atoms with Gasteiger partial charge in [0.05, 0.1) is 6.61 Å². The van der Waals surface area contributed by atoms with Crippen LogP contribution in [0.2, 0.25) is 0 Å². The van der Waals surface area contributed by atoms with E-state index in [-0.39, 0.29) is 25.0 Å². The van der Waals surface area contributed by atoms with E-state index in [9.17, 15) is 14.4 Å². The Morgan fingerprint density at radius 3 is 2.75 bits per heavy atom. The van der Waals surface area contributed by atoms with E-state index in [2.05, 4.69) is 5.32 Å². The summed E-state index contributed by atoms with van der Waals surface area (Å²) in [6, 6.07) is -1.05. The molecule has 0 bridgehead atoms. The van der Waals surface area contributed by atoms with E-state index in [0.717, 1.165) is 12.8 Å². The van der Waals surface area contributed by atoms with Crippen molar-refractivity contribution < 1.29 is 24.2 Å². The average molecular weight is 286 g/mol. The number of carbonyl (C=O) groups is 3. The number of piperidine rings is 1. The number of hydrogen-bond donors (Lipinski definition) is 2. The molecule has 0 aliphatic carbocycles. The van der Waals surface area contributed by atoms with Crippen LogP contribution in [0, 0.1) is 5.92 Å². The molecule has 7 heteroatoms. The highest BCUT2D eigenvalue weighted by atomic mass is 16.5. The molecular formula is C13H22N2O5. The number of likely N-dealkylation sites (tertiary alicyclic amines) is 1. The summed E-state index contributed by atoms with van der Waals surface area (Å²) < 4.78 is 4.82. The summed E-state index contributed by atoms with van der Waals surface area (Å²) in [6.45, 7) is 4.52. The summed E-state index contributed by atoms with van der Waals surface area (Å²) in [5, 5.41) is 11.4. The van der Waals surface area contributed by atoms with E-state index in [4.69, 9.17) is 9.84 Å². The number of amides is 2. The van der Waals surface area contributed by atoms with Crippen molar-refractivity contribution in [3.63, 3.8) is 0 Å². The molecule has 2 amide bonds. The van der Waals surface area contributed by atoms with Gasteiger partial charge in [0.2, 0.25) is 0 Å². The van der Waals surface area contributed by atoms with Crippen molar-refractivity contribution in [3.8, 4) is 0 Å². The molecule has 0 spiro atoms. The van der Waals surface area contributed by atoms with Gasteiger partial charge in [0, 0.05) is 19.5 Å². The van der Waals surface area contributed by atoms with Crippen LogP contribution in [0.1, 0.15) is 33.1 Å². The zero-order valence-corrected chi connectivity index (χ0v) is 11.9. The molecule has 0 aromatic rings. The lowest BCUT2D eigenvalue weighted by Crippen LogP contribution is -2.50. The Hall–Kier alpha value is -1.79. The predicted molar refractivity (Wildman–Crippen MR) is 71.2 cm³/mol. The first-order valence-corrected chi connectivity index (χ1v) is 6.87. The quantitative estimate of drug-likeness (QED) is 0.730. The van der Waals surface area contributed by atoms with Gasteiger partial charge in [-0.3, -0.25) is 4.79 Å². The number of aliphatic carboxylic acids is 1. The van der Waals surface area contributed by atoms with Crippen molar-refractivity contribution in [1.29, 1.82) is 0 Å². The lowest BCUT2D eigenvalue weighted by molar-refractivity contribution is -0.145. The maximum Gasteiger partial charge on any atom is 0.328 e. The normalized spacial score (nSPS) is 20.1. The van der Waals surface area contributed by atoms with Crippen molar-refractivity contribution in [1.82, 2.24) is 10.2 Å². The third kappa shape index (κ3) is 5.07. The number of nitrogens with zero attached hydrogens (tertiary/aromatic N) is 1. The largest absolute Gasteiger partial charge is 0.481 e. The summed E-state index contributed by atoms with van der Waals surface area (Å²) in [5.74, 6) is -1.35. The third-order valence-electron chi connectivity index (χ3n) is 3.25. The standard InChI is InChI=1S/C13H22N2O5/c1-3-20-12(18)9(2)14-13(19)15-6-4-5-10(8-15)7-11(16)17/h9-10H,3-8H2,1-2H3,(H,14,19)(H,16,17). The van der Waals surface area contributed by atoms with Crippen LogP contribution in [0.15, 0.2) is 0 Å². The number of urea groups is 1. The SMILES string of the molecule is CCOC(=O)C(C)NC(=O)N1CCCC(CC(=O)O)C1. The van der Waals surface area contributed by atoms with Gasteiger partial charge in [0.25, 0.3) is 0 Å². The molecule has 0 saturated carbocycles. The van der Waals surface area contributed by atoms with Gasteiger partial charge in [-0.05, 0) is 32.6 Å². The highest BCUT2D eigenvalue weighted by Crippen LogP contribution is 2.19. The molecule has 2 unspecified atom stereocenters. The summed E-state index contributed by atoms with van der Waals surface area (Å²) in [7, 11) is 0. The minimum absolute atomic E-state index is 0.0232. The topological polar surface area (TPSA) is 95.9 Å². The zero-order chi connectivity index (χ0) is 15.1. The molecule has 1 aliphatic rings. The number of hydrogen-bond acceptors (Lipinski definition) is 4. The van der Waals surface area contributed by atoms with Crippen LogP contribution < -0.4 is 5.32 Å². The molecule has 114 valence electrons. The smallest absolute Gasteiger partial charge is 0.328 e. The van der Waals surface area contributed by atoms with E-state index in [1.54, 1.807) is 18.7 Å². The van der Waals surface area contributed by atoms with Crippen molar-refractivity contribution in [3.05, 3.63) is 0 Å². The van der Waals surface area contributed by atoms with Gasteiger partial charge in [-0.25, -0.2) is 9.59 Å². The number of carboxylic acids is 1. The number of carbonyl (C=O) groups excluding carboxylic acids is 2. The van der Waals surface area contributed by atoms with E-state index < -0.39 is 18.0 Å².